The van der Waals surface area contributed by atoms with E-state index in [2.05, 4.69) is 27.4 Å². The zero-order chi connectivity index (χ0) is 35.3. The van der Waals surface area contributed by atoms with Gasteiger partial charge in [0.25, 0.3) is 0 Å². The van der Waals surface area contributed by atoms with Crippen molar-refractivity contribution < 1.29 is 24.5 Å². The van der Waals surface area contributed by atoms with Gasteiger partial charge in [-0.15, -0.1) is 33.1 Å². The van der Waals surface area contributed by atoms with E-state index in [1.165, 1.54) is 7.11 Å². The first-order chi connectivity index (χ1) is 23.4. The van der Waals surface area contributed by atoms with Crippen molar-refractivity contribution in [2.75, 3.05) is 13.7 Å². The van der Waals surface area contributed by atoms with E-state index in [0.29, 0.717) is 28.3 Å². The Labute approximate surface area is 309 Å². The van der Waals surface area contributed by atoms with Gasteiger partial charge in [-0.3, -0.25) is 4.79 Å². The smallest absolute Gasteiger partial charge is 0.681 e. The standard InChI is InChI=1S/C40H46N4O5.Mg/c1-10-24-20(5)27-16-29-22(7)26(12-13-33(45)49-15-14-19(3)4)37(43-29)35-36(40(47)48-9)39(46)34-23(8)30(44-38(34)35)18-32-25(11-2)21(6)28(42-32)17-31(24)41-27;/h10,14,16-18,22,26,36-37,40,46-47H,1,11-13,15H2,2-9H3;/q-4;+2/b28-17-,29-16-,32-18-;/t22-,26-,36+,37?,40?;/m0./s1. The fourth-order valence-corrected chi connectivity index (χ4v) is 7.67. The fourth-order valence-electron chi connectivity index (χ4n) is 7.67. The van der Waals surface area contributed by atoms with Gasteiger partial charge >= 0.3 is 29.0 Å². The summed E-state index contributed by atoms with van der Waals surface area (Å²) in [6.07, 6.45) is 9.89. The van der Waals surface area contributed by atoms with Gasteiger partial charge in [-0.25, -0.2) is 0 Å². The monoisotopic (exact) mass is 686 g/mol. The summed E-state index contributed by atoms with van der Waals surface area (Å²) in [5.74, 6) is -1.39. The first-order valence-corrected chi connectivity index (χ1v) is 17.1. The quantitative estimate of drug-likeness (QED) is 0.152. The van der Waals surface area contributed by atoms with Crippen molar-refractivity contribution in [3.05, 3.63) is 95.4 Å². The molecular formula is C40H46MgN4O5-2. The molecule has 1 fully saturated rings. The zero-order valence-corrected chi connectivity index (χ0v) is 31.8. The second kappa shape index (κ2) is 14.9. The molecule has 50 heavy (non-hydrogen) atoms. The van der Waals surface area contributed by atoms with Gasteiger partial charge in [0.15, 0.2) is 6.29 Å². The Morgan fingerprint density at radius 2 is 1.72 bits per heavy atom. The van der Waals surface area contributed by atoms with Crippen LogP contribution in [-0.4, -0.2) is 65.3 Å². The SMILES string of the molecule is C=Cc1c2[n-]c(c1C)/C=C1\[N-]C(C3=c4[n-]c(c(C)c4=C(O)[C@@H]3C(O)OC)/C=c3\[n-]/c(c(C)c3CC)=C\2)[C@@H](CCC(=O)OCC=C(C)C)[C@@H]1C.[Mg+2]. The van der Waals surface area contributed by atoms with Gasteiger partial charge < -0.3 is 40.0 Å². The predicted octanol–water partition coefficient (Wildman–Crippen LogP) is 3.03. The Balaban J connectivity index is 0.00000486. The number of nitrogens with zero attached hydrogens (tertiary/aromatic N) is 4. The molecule has 0 radical (unpaired) electrons. The minimum atomic E-state index is -1.32. The summed E-state index contributed by atoms with van der Waals surface area (Å²) < 4.78 is 11.0. The molecular weight excluding hydrogens is 641 g/mol. The van der Waals surface area contributed by atoms with Crippen LogP contribution in [0.15, 0.2) is 23.9 Å². The van der Waals surface area contributed by atoms with E-state index in [9.17, 15) is 15.0 Å². The third-order valence-electron chi connectivity index (χ3n) is 10.5. The summed E-state index contributed by atoms with van der Waals surface area (Å²) in [5.41, 5.74) is 9.79. The van der Waals surface area contributed by atoms with Crippen molar-refractivity contribution in [1.29, 1.82) is 0 Å². The van der Waals surface area contributed by atoms with Crippen LogP contribution in [0.1, 0.15) is 85.4 Å². The van der Waals surface area contributed by atoms with Crippen molar-refractivity contribution in [1.82, 2.24) is 15.0 Å². The average Bonchev–Trinajstić information content (AvgIpc) is 3.80. The molecule has 6 rings (SSSR count). The number of hydrogen-bond acceptors (Lipinski definition) is 5. The molecule has 2 N–H and O–H groups in total. The van der Waals surface area contributed by atoms with E-state index in [-0.39, 0.29) is 59.6 Å². The number of aliphatic hydroxyl groups is 2. The van der Waals surface area contributed by atoms with E-state index < -0.39 is 18.2 Å². The minimum absolute atomic E-state index is 0. The first-order valence-electron chi connectivity index (χ1n) is 17.1. The number of esters is 1. The summed E-state index contributed by atoms with van der Waals surface area (Å²) >= 11 is 0. The number of hydrogen-bond donors (Lipinski definition) is 2. The van der Waals surface area contributed by atoms with Crippen LogP contribution in [0.5, 0.6) is 0 Å². The molecule has 0 aromatic carbocycles. The summed E-state index contributed by atoms with van der Waals surface area (Å²) in [5, 5.41) is 31.2. The van der Waals surface area contributed by atoms with Crippen LogP contribution in [0.4, 0.5) is 0 Å². The molecule has 3 aromatic rings. The molecule has 9 nitrogen and oxygen atoms in total. The molecule has 5 heterocycles. The van der Waals surface area contributed by atoms with Gasteiger partial charge in [-0.1, -0.05) is 84.2 Å². The topological polar surface area (TPSA) is 132 Å². The molecule has 10 heteroatoms. The number of fused-ring (bicyclic) bond motifs is 8. The maximum absolute atomic E-state index is 12.9. The van der Waals surface area contributed by atoms with Gasteiger partial charge in [-0.05, 0) is 76.2 Å². The van der Waals surface area contributed by atoms with Crippen LogP contribution in [0, 0.1) is 38.5 Å². The predicted molar refractivity (Wildman–Crippen MR) is 198 cm³/mol. The number of aliphatic hydroxyl groups excluding tert-OH is 2. The maximum atomic E-state index is 12.9. The molecule has 3 aromatic heterocycles. The van der Waals surface area contributed by atoms with Gasteiger partial charge in [0.1, 0.15) is 12.4 Å². The number of carbonyl (C=O) groups excluding carboxylic acids is 1. The molecule has 0 amide bonds. The molecule has 8 bridgehead atoms. The summed E-state index contributed by atoms with van der Waals surface area (Å²) in [6, 6.07) is -0.502. The van der Waals surface area contributed by atoms with Crippen molar-refractivity contribution in [3.63, 3.8) is 0 Å². The number of rotatable bonds is 9. The van der Waals surface area contributed by atoms with Gasteiger partial charge in [0.2, 0.25) is 0 Å². The Bertz CT molecular complexity index is 2140. The van der Waals surface area contributed by atoms with Gasteiger partial charge in [0.05, 0.1) is 5.92 Å². The molecule has 1 aliphatic carbocycles. The zero-order valence-electron chi connectivity index (χ0n) is 30.4. The Morgan fingerprint density at radius 3 is 2.38 bits per heavy atom. The Morgan fingerprint density at radius 1 is 1.02 bits per heavy atom. The van der Waals surface area contributed by atoms with Crippen LogP contribution in [0.25, 0.3) is 41.0 Å². The van der Waals surface area contributed by atoms with Crippen LogP contribution in [-0.2, 0) is 20.7 Å². The number of allylic oxidation sites excluding steroid dienone is 2. The largest absolute Gasteiger partial charge is 2.00 e. The van der Waals surface area contributed by atoms with Crippen LogP contribution < -0.4 is 36.2 Å². The van der Waals surface area contributed by atoms with Crippen LogP contribution >= 0.6 is 0 Å². The Kier molecular flexibility index (Phi) is 11.2. The van der Waals surface area contributed by atoms with Crippen LogP contribution in [0.2, 0.25) is 0 Å². The first kappa shape index (κ1) is 37.5. The molecule has 1 saturated heterocycles. The minimum Gasteiger partial charge on any atom is -0.681 e. The van der Waals surface area contributed by atoms with E-state index in [0.717, 1.165) is 67.6 Å². The molecule has 3 aliphatic rings. The van der Waals surface area contributed by atoms with Gasteiger partial charge in [0, 0.05) is 13.5 Å². The van der Waals surface area contributed by atoms with E-state index >= 15 is 0 Å². The molecule has 2 unspecified atom stereocenters. The molecule has 260 valence electrons. The third kappa shape index (κ3) is 6.47. The average molecular weight is 687 g/mol. The second-order valence-corrected chi connectivity index (χ2v) is 13.6. The summed E-state index contributed by atoms with van der Waals surface area (Å²) in [6.45, 7) is 18.5. The second-order valence-electron chi connectivity index (χ2n) is 13.6. The van der Waals surface area contributed by atoms with E-state index in [4.69, 9.17) is 29.7 Å². The summed E-state index contributed by atoms with van der Waals surface area (Å²) in [7, 11) is 1.42. The fraction of sp³-hybridized carbons (Fsp3) is 0.425. The van der Waals surface area contributed by atoms with Crippen molar-refractivity contribution in [3.8, 4) is 0 Å². The van der Waals surface area contributed by atoms with E-state index in [1.54, 1.807) is 0 Å². The normalized spacial score (nSPS) is 23.4. The third-order valence-corrected chi connectivity index (χ3v) is 10.5. The number of methoxy groups -OCH3 is 1. The molecule has 5 atom stereocenters. The molecule has 0 saturated carbocycles. The van der Waals surface area contributed by atoms with Crippen molar-refractivity contribution in [2.45, 2.75) is 80.1 Å². The summed E-state index contributed by atoms with van der Waals surface area (Å²) in [4.78, 5) is 28.2. The van der Waals surface area contributed by atoms with Crippen molar-refractivity contribution in [2.24, 2.45) is 17.8 Å². The van der Waals surface area contributed by atoms with Crippen molar-refractivity contribution >= 4 is 64.7 Å². The van der Waals surface area contributed by atoms with Gasteiger partial charge in [-0.2, -0.15) is 5.70 Å². The molecule has 0 spiro atoms. The van der Waals surface area contributed by atoms with Crippen LogP contribution in [0.3, 0.4) is 0 Å². The Hall–Kier alpha value is -3.70. The maximum Gasteiger partial charge on any atom is 2.00 e. The van der Waals surface area contributed by atoms with E-state index in [1.807, 2.05) is 58.1 Å². The number of ether oxygens (including phenoxy) is 2. The number of carbonyl (C=O) groups is 1. The number of aromatic nitrogens is 3. The molecule has 2 aliphatic heterocycles.